The van der Waals surface area contributed by atoms with Crippen LogP contribution in [0.2, 0.25) is 0 Å². The van der Waals surface area contributed by atoms with Gasteiger partial charge in [0.15, 0.2) is 0 Å². The Morgan fingerprint density at radius 1 is 1.28 bits per heavy atom. The maximum atomic E-state index is 12.4. The molecule has 25 heavy (non-hydrogen) atoms. The Hall–Kier alpha value is -0.810. The lowest BCUT2D eigenvalue weighted by Gasteiger charge is -2.30. The molecule has 1 aliphatic rings. The highest BCUT2D eigenvalue weighted by Gasteiger charge is 2.22. The zero-order chi connectivity index (χ0) is 16.8. The van der Waals surface area contributed by atoms with Crippen molar-refractivity contribution in [2.45, 2.75) is 65.2 Å². The second-order valence-corrected chi connectivity index (χ2v) is 6.82. The van der Waals surface area contributed by atoms with E-state index in [9.17, 15) is 4.79 Å². The van der Waals surface area contributed by atoms with Crippen molar-refractivity contribution in [3.05, 3.63) is 35.4 Å². The molecule has 1 fully saturated rings. The van der Waals surface area contributed by atoms with Crippen molar-refractivity contribution in [3.63, 3.8) is 0 Å². The Labute approximate surface area is 164 Å². The van der Waals surface area contributed by atoms with Crippen LogP contribution in [0.1, 0.15) is 56.5 Å². The number of carbonyl (C=O) groups is 1. The standard InChI is InChI=1S/C19H31N3O.2ClH/c1-5-22(14(2)3)13-16-8-10-17(11-9-16)19(23)21-18-7-6-12-20-15(18)4;;/h8-11,14-15,18,20H,5-7,12-13H2,1-4H3,(H,21,23);2*1H. The van der Waals surface area contributed by atoms with E-state index < -0.39 is 0 Å². The van der Waals surface area contributed by atoms with Crippen LogP contribution in [0.3, 0.4) is 0 Å². The topological polar surface area (TPSA) is 44.4 Å². The molecule has 2 atom stereocenters. The van der Waals surface area contributed by atoms with E-state index in [4.69, 9.17) is 0 Å². The van der Waals surface area contributed by atoms with Crippen LogP contribution in [0.5, 0.6) is 0 Å². The molecule has 0 spiro atoms. The first-order valence-corrected chi connectivity index (χ1v) is 8.88. The van der Waals surface area contributed by atoms with Gasteiger partial charge in [-0.25, -0.2) is 0 Å². The SMILES string of the molecule is CCN(Cc1ccc(C(=O)NC2CCCNC2C)cc1)C(C)C.Cl.Cl. The Kier molecular flexibility index (Phi) is 11.4. The normalized spacial score (nSPS) is 19.9. The molecule has 2 unspecified atom stereocenters. The molecule has 1 aromatic rings. The van der Waals surface area contributed by atoms with Gasteiger partial charge in [0.05, 0.1) is 0 Å². The van der Waals surface area contributed by atoms with Crippen LogP contribution in [0.25, 0.3) is 0 Å². The van der Waals surface area contributed by atoms with Gasteiger partial charge in [-0.1, -0.05) is 19.1 Å². The van der Waals surface area contributed by atoms with E-state index in [0.717, 1.165) is 38.0 Å². The van der Waals surface area contributed by atoms with Gasteiger partial charge in [-0.2, -0.15) is 0 Å². The van der Waals surface area contributed by atoms with Crippen molar-refractivity contribution >= 4 is 30.7 Å². The summed E-state index contributed by atoms with van der Waals surface area (Å²) in [6, 6.07) is 9.14. The van der Waals surface area contributed by atoms with E-state index in [-0.39, 0.29) is 36.8 Å². The summed E-state index contributed by atoms with van der Waals surface area (Å²) in [7, 11) is 0. The molecule has 2 N–H and O–H groups in total. The summed E-state index contributed by atoms with van der Waals surface area (Å²) in [6.07, 6.45) is 2.17. The van der Waals surface area contributed by atoms with Crippen LogP contribution >= 0.6 is 24.8 Å². The molecule has 6 heteroatoms. The van der Waals surface area contributed by atoms with Gasteiger partial charge >= 0.3 is 0 Å². The van der Waals surface area contributed by atoms with E-state index in [1.165, 1.54) is 5.56 Å². The summed E-state index contributed by atoms with van der Waals surface area (Å²) in [4.78, 5) is 14.8. The average molecular weight is 390 g/mol. The summed E-state index contributed by atoms with van der Waals surface area (Å²) in [6.45, 7) is 11.8. The predicted molar refractivity (Wildman–Crippen MR) is 110 cm³/mol. The molecule has 0 bridgehead atoms. The number of nitrogens with one attached hydrogen (secondary N) is 2. The molecule has 2 rings (SSSR count). The minimum atomic E-state index is 0. The van der Waals surface area contributed by atoms with Gasteiger partial charge in [0.2, 0.25) is 0 Å². The Balaban J connectivity index is 0.00000288. The van der Waals surface area contributed by atoms with E-state index in [1.54, 1.807) is 0 Å². The lowest BCUT2D eigenvalue weighted by atomic mass is 9.99. The first-order valence-electron chi connectivity index (χ1n) is 8.88. The van der Waals surface area contributed by atoms with E-state index in [2.05, 4.69) is 55.4 Å². The minimum absolute atomic E-state index is 0. The summed E-state index contributed by atoms with van der Waals surface area (Å²) in [5.41, 5.74) is 2.00. The molecule has 1 saturated heterocycles. The lowest BCUT2D eigenvalue weighted by molar-refractivity contribution is 0.0920. The molecule has 0 saturated carbocycles. The molecule has 0 aromatic heterocycles. The van der Waals surface area contributed by atoms with Crippen LogP contribution in [-0.2, 0) is 6.54 Å². The summed E-state index contributed by atoms with van der Waals surface area (Å²) >= 11 is 0. The Morgan fingerprint density at radius 3 is 2.44 bits per heavy atom. The second kappa shape index (κ2) is 11.7. The van der Waals surface area contributed by atoms with Crippen LogP contribution in [0.4, 0.5) is 0 Å². The Morgan fingerprint density at radius 2 is 1.92 bits per heavy atom. The number of piperidine rings is 1. The van der Waals surface area contributed by atoms with Gasteiger partial charge in [-0.15, -0.1) is 24.8 Å². The van der Waals surface area contributed by atoms with Gasteiger partial charge in [0.25, 0.3) is 5.91 Å². The minimum Gasteiger partial charge on any atom is -0.348 e. The van der Waals surface area contributed by atoms with Crippen LogP contribution in [0, 0.1) is 0 Å². The molecule has 1 aromatic carbocycles. The van der Waals surface area contributed by atoms with E-state index in [1.807, 2.05) is 12.1 Å². The second-order valence-electron chi connectivity index (χ2n) is 6.82. The molecule has 0 radical (unpaired) electrons. The smallest absolute Gasteiger partial charge is 0.251 e. The largest absolute Gasteiger partial charge is 0.348 e. The third kappa shape index (κ3) is 7.14. The highest BCUT2D eigenvalue weighted by atomic mass is 35.5. The fourth-order valence-electron chi connectivity index (χ4n) is 3.15. The van der Waals surface area contributed by atoms with Crippen LogP contribution in [-0.4, -0.2) is 42.0 Å². The molecular weight excluding hydrogens is 357 g/mol. The molecule has 0 aliphatic carbocycles. The third-order valence-corrected chi connectivity index (χ3v) is 4.82. The van der Waals surface area contributed by atoms with Crippen molar-refractivity contribution in [3.8, 4) is 0 Å². The van der Waals surface area contributed by atoms with Crippen molar-refractivity contribution in [1.29, 1.82) is 0 Å². The summed E-state index contributed by atoms with van der Waals surface area (Å²) < 4.78 is 0. The number of hydrogen-bond acceptors (Lipinski definition) is 3. The quantitative estimate of drug-likeness (QED) is 0.780. The van der Waals surface area contributed by atoms with Crippen molar-refractivity contribution in [1.82, 2.24) is 15.5 Å². The highest BCUT2D eigenvalue weighted by Crippen LogP contribution is 2.12. The molecule has 1 aliphatic heterocycles. The number of benzene rings is 1. The maximum Gasteiger partial charge on any atom is 0.251 e. The predicted octanol–water partition coefficient (Wildman–Crippen LogP) is 3.63. The average Bonchev–Trinajstić information content (AvgIpc) is 2.55. The number of amides is 1. The first kappa shape index (κ1) is 24.2. The Bertz CT molecular complexity index is 508. The zero-order valence-corrected chi connectivity index (χ0v) is 17.4. The number of rotatable bonds is 6. The first-order chi connectivity index (χ1) is 11.0. The van der Waals surface area contributed by atoms with Gasteiger partial charge in [-0.05, 0) is 64.4 Å². The van der Waals surface area contributed by atoms with Gasteiger partial charge in [0.1, 0.15) is 0 Å². The van der Waals surface area contributed by atoms with Crippen molar-refractivity contribution < 1.29 is 4.79 Å². The molecule has 144 valence electrons. The number of nitrogens with zero attached hydrogens (tertiary/aromatic N) is 1. The van der Waals surface area contributed by atoms with Gasteiger partial charge in [-0.3, -0.25) is 9.69 Å². The molecule has 1 heterocycles. The van der Waals surface area contributed by atoms with Crippen molar-refractivity contribution in [2.24, 2.45) is 0 Å². The third-order valence-electron chi connectivity index (χ3n) is 4.82. The monoisotopic (exact) mass is 389 g/mol. The number of carbonyl (C=O) groups excluding carboxylic acids is 1. The molecular formula is C19H33Cl2N3O. The molecule has 1 amide bonds. The van der Waals surface area contributed by atoms with E-state index in [0.29, 0.717) is 12.1 Å². The maximum absolute atomic E-state index is 12.4. The van der Waals surface area contributed by atoms with Crippen LogP contribution in [0.15, 0.2) is 24.3 Å². The van der Waals surface area contributed by atoms with Crippen molar-refractivity contribution in [2.75, 3.05) is 13.1 Å². The summed E-state index contributed by atoms with van der Waals surface area (Å²) in [5.74, 6) is 0.0355. The molecule has 4 nitrogen and oxygen atoms in total. The number of hydrogen-bond donors (Lipinski definition) is 2. The van der Waals surface area contributed by atoms with Gasteiger partial charge in [0, 0.05) is 30.2 Å². The fourth-order valence-corrected chi connectivity index (χ4v) is 3.15. The fraction of sp³-hybridized carbons (Fsp3) is 0.632. The highest BCUT2D eigenvalue weighted by molar-refractivity contribution is 5.94. The lowest BCUT2D eigenvalue weighted by Crippen LogP contribution is -2.51. The zero-order valence-electron chi connectivity index (χ0n) is 15.7. The van der Waals surface area contributed by atoms with E-state index >= 15 is 0 Å². The number of halogens is 2. The van der Waals surface area contributed by atoms with Crippen LogP contribution < -0.4 is 10.6 Å². The summed E-state index contributed by atoms with van der Waals surface area (Å²) in [5, 5.41) is 6.58. The van der Waals surface area contributed by atoms with Gasteiger partial charge < -0.3 is 10.6 Å².